The zero-order chi connectivity index (χ0) is 23.4. The molecule has 0 unspecified atom stereocenters. The van der Waals surface area contributed by atoms with Gasteiger partial charge < -0.3 is 19.8 Å². The molecule has 0 bridgehead atoms. The molecule has 0 aliphatic rings. The number of aryl methyl sites for hydroxylation is 2. The molecule has 0 saturated carbocycles. The van der Waals surface area contributed by atoms with E-state index in [1.165, 1.54) is 11.3 Å². The summed E-state index contributed by atoms with van der Waals surface area (Å²) in [6, 6.07) is 15.8. The molecule has 2 N–H and O–H groups in total. The molecule has 4 aromatic rings. The Labute approximate surface area is 193 Å². The number of fused-ring (bicyclic) bond motifs is 1. The van der Waals surface area contributed by atoms with Crippen molar-refractivity contribution in [2.75, 3.05) is 6.54 Å². The number of amides is 1. The minimum atomic E-state index is -0.645. The molecule has 0 fully saturated rings. The molecule has 0 saturated heterocycles. The molecular weight excluding hydrogens is 442 g/mol. The third-order valence-corrected chi connectivity index (χ3v) is 6.05. The zero-order valence-corrected chi connectivity index (χ0v) is 18.8. The number of esters is 1. The lowest BCUT2D eigenvalue weighted by molar-refractivity contribution is -0.143. The van der Waals surface area contributed by atoms with E-state index in [4.69, 9.17) is 9.47 Å². The summed E-state index contributed by atoms with van der Waals surface area (Å²) >= 11 is 1.42. The summed E-state index contributed by atoms with van der Waals surface area (Å²) < 4.78 is 10.8. The monoisotopic (exact) mass is 463 g/mol. The summed E-state index contributed by atoms with van der Waals surface area (Å²) in [7, 11) is 0. The Morgan fingerprint density at radius 1 is 1.03 bits per heavy atom. The van der Waals surface area contributed by atoms with Gasteiger partial charge in [-0.25, -0.2) is 4.98 Å². The Hall–Kier alpha value is -3.98. The number of aromatic nitrogens is 2. The Bertz CT molecular complexity index is 1360. The van der Waals surface area contributed by atoms with E-state index in [0.717, 1.165) is 10.4 Å². The molecule has 0 aliphatic heterocycles. The van der Waals surface area contributed by atoms with Crippen LogP contribution >= 0.6 is 11.3 Å². The van der Waals surface area contributed by atoms with Crippen LogP contribution in [0.4, 0.5) is 0 Å². The number of benzene rings is 2. The maximum absolute atomic E-state index is 12.3. The molecular formula is C24H21N3O5S. The minimum Gasteiger partial charge on any atom is -0.457 e. The number of carbonyl (C=O) groups is 2. The van der Waals surface area contributed by atoms with Gasteiger partial charge in [-0.15, -0.1) is 11.3 Å². The normalized spacial score (nSPS) is 10.7. The highest BCUT2D eigenvalue weighted by atomic mass is 32.1. The number of aromatic amines is 1. The molecule has 2 aromatic heterocycles. The lowest BCUT2D eigenvalue weighted by Crippen LogP contribution is -2.30. The Morgan fingerprint density at radius 3 is 2.45 bits per heavy atom. The first-order valence-corrected chi connectivity index (χ1v) is 11.0. The number of carbonyl (C=O) groups excluding carboxylic acids is 2. The topological polar surface area (TPSA) is 110 Å². The second-order valence-corrected chi connectivity index (χ2v) is 8.46. The van der Waals surface area contributed by atoms with Gasteiger partial charge in [0.05, 0.1) is 5.39 Å². The molecule has 8 nitrogen and oxygen atoms in total. The summed E-state index contributed by atoms with van der Waals surface area (Å²) in [4.78, 5) is 45.2. The van der Waals surface area contributed by atoms with E-state index in [1.54, 1.807) is 24.3 Å². The first-order chi connectivity index (χ1) is 15.9. The van der Waals surface area contributed by atoms with Gasteiger partial charge in [-0.05, 0) is 55.8 Å². The quantitative estimate of drug-likeness (QED) is 0.403. The van der Waals surface area contributed by atoms with E-state index >= 15 is 0 Å². The van der Waals surface area contributed by atoms with Crippen molar-refractivity contribution < 1.29 is 19.1 Å². The fourth-order valence-electron chi connectivity index (χ4n) is 3.12. The minimum absolute atomic E-state index is 0.193. The number of thiophene rings is 1. The highest BCUT2D eigenvalue weighted by Gasteiger charge is 2.14. The van der Waals surface area contributed by atoms with Crippen LogP contribution in [0.1, 0.15) is 26.6 Å². The Kier molecular flexibility index (Phi) is 6.50. The first-order valence-electron chi connectivity index (χ1n) is 10.2. The van der Waals surface area contributed by atoms with Crippen molar-refractivity contribution in [3.05, 3.63) is 86.8 Å². The Morgan fingerprint density at radius 2 is 1.73 bits per heavy atom. The molecule has 0 atom stereocenters. The van der Waals surface area contributed by atoms with E-state index in [1.807, 2.05) is 44.2 Å². The van der Waals surface area contributed by atoms with Gasteiger partial charge in [0.15, 0.2) is 0 Å². The average Bonchev–Trinajstić information content (AvgIpc) is 3.11. The Balaban J connectivity index is 1.28. The number of rotatable bonds is 7. The number of nitrogens with zero attached hydrogens (tertiary/aromatic N) is 1. The van der Waals surface area contributed by atoms with E-state index < -0.39 is 11.9 Å². The van der Waals surface area contributed by atoms with Crippen LogP contribution in [0.25, 0.3) is 10.2 Å². The van der Waals surface area contributed by atoms with Gasteiger partial charge >= 0.3 is 5.97 Å². The van der Waals surface area contributed by atoms with Crippen LogP contribution in [0, 0.1) is 13.8 Å². The number of ether oxygens (including phenoxy) is 2. The smallest absolute Gasteiger partial charge is 0.325 e. The van der Waals surface area contributed by atoms with Gasteiger partial charge in [-0.1, -0.05) is 18.2 Å². The fourth-order valence-corrected chi connectivity index (χ4v) is 4.17. The number of hydrogen-bond acceptors (Lipinski definition) is 7. The predicted molar refractivity (Wildman–Crippen MR) is 125 cm³/mol. The summed E-state index contributed by atoms with van der Waals surface area (Å²) in [6.07, 6.45) is 0. The van der Waals surface area contributed by atoms with Gasteiger partial charge in [0.1, 0.15) is 35.3 Å². The summed E-state index contributed by atoms with van der Waals surface area (Å²) in [5, 5.41) is 3.07. The van der Waals surface area contributed by atoms with E-state index in [0.29, 0.717) is 27.3 Å². The van der Waals surface area contributed by atoms with Crippen molar-refractivity contribution in [3.63, 3.8) is 0 Å². The van der Waals surface area contributed by atoms with Crippen LogP contribution in [0.5, 0.6) is 11.5 Å². The van der Waals surface area contributed by atoms with Crippen molar-refractivity contribution in [3.8, 4) is 11.5 Å². The number of H-pyrrole nitrogens is 1. The van der Waals surface area contributed by atoms with Crippen LogP contribution in [0.15, 0.2) is 59.4 Å². The molecule has 0 aliphatic carbocycles. The molecule has 9 heteroatoms. The highest BCUT2D eigenvalue weighted by Crippen LogP contribution is 2.25. The fraction of sp³-hybridized carbons (Fsp3) is 0.167. The van der Waals surface area contributed by atoms with E-state index in [-0.39, 0.29) is 24.5 Å². The average molecular weight is 464 g/mol. The van der Waals surface area contributed by atoms with Gasteiger partial charge in [0.2, 0.25) is 0 Å². The lowest BCUT2D eigenvalue weighted by atomic mass is 10.2. The third kappa shape index (κ3) is 5.27. The maximum atomic E-state index is 12.3. The largest absolute Gasteiger partial charge is 0.457 e. The van der Waals surface area contributed by atoms with Gasteiger partial charge in [-0.2, -0.15) is 0 Å². The second kappa shape index (κ2) is 9.66. The maximum Gasteiger partial charge on any atom is 0.325 e. The van der Waals surface area contributed by atoms with Crippen molar-refractivity contribution in [2.45, 2.75) is 20.5 Å². The van der Waals surface area contributed by atoms with Crippen molar-refractivity contribution in [1.29, 1.82) is 0 Å². The summed E-state index contributed by atoms with van der Waals surface area (Å²) in [5.41, 5.74) is 1.01. The molecule has 2 aromatic carbocycles. The second-order valence-electron chi connectivity index (χ2n) is 7.26. The molecule has 1 amide bonds. The van der Waals surface area contributed by atoms with Gasteiger partial charge in [0.25, 0.3) is 11.5 Å². The summed E-state index contributed by atoms with van der Waals surface area (Å²) in [6.45, 7) is 3.29. The molecule has 4 rings (SSSR count). The third-order valence-electron chi connectivity index (χ3n) is 4.95. The van der Waals surface area contributed by atoms with Crippen LogP contribution in [-0.4, -0.2) is 28.4 Å². The van der Waals surface area contributed by atoms with Crippen molar-refractivity contribution in [2.24, 2.45) is 0 Å². The summed E-state index contributed by atoms with van der Waals surface area (Å²) in [5.74, 6) is 0.468. The van der Waals surface area contributed by atoms with Crippen LogP contribution in [-0.2, 0) is 16.1 Å². The first kappa shape index (κ1) is 22.2. The molecule has 2 heterocycles. The van der Waals surface area contributed by atoms with Crippen LogP contribution in [0.2, 0.25) is 0 Å². The SMILES string of the molecule is Cc1sc2nc(COC(=O)CNC(=O)c3ccc(Oc4ccccc4)cc3)[nH]c(=O)c2c1C. The van der Waals surface area contributed by atoms with E-state index in [9.17, 15) is 14.4 Å². The predicted octanol–water partition coefficient (Wildman–Crippen LogP) is 3.87. The van der Waals surface area contributed by atoms with Crippen molar-refractivity contribution in [1.82, 2.24) is 15.3 Å². The molecule has 0 spiro atoms. The lowest BCUT2D eigenvalue weighted by Gasteiger charge is -2.08. The van der Waals surface area contributed by atoms with E-state index in [2.05, 4.69) is 15.3 Å². The van der Waals surface area contributed by atoms with Gasteiger partial charge in [0, 0.05) is 10.4 Å². The standard InChI is InChI=1S/C24H21N3O5S/c1-14-15(2)33-24-21(14)23(30)26-19(27-24)13-31-20(28)12-25-22(29)16-8-10-18(11-9-16)32-17-6-4-3-5-7-17/h3-11H,12-13H2,1-2H3,(H,25,29)(H,26,27,30). The number of hydrogen-bond donors (Lipinski definition) is 2. The molecule has 168 valence electrons. The zero-order valence-electron chi connectivity index (χ0n) is 18.0. The number of nitrogens with one attached hydrogen (secondary N) is 2. The molecule has 0 radical (unpaired) electrons. The highest BCUT2D eigenvalue weighted by molar-refractivity contribution is 7.18. The van der Waals surface area contributed by atoms with Crippen LogP contribution in [0.3, 0.4) is 0 Å². The van der Waals surface area contributed by atoms with Crippen LogP contribution < -0.4 is 15.6 Å². The van der Waals surface area contributed by atoms with Crippen molar-refractivity contribution >= 4 is 33.4 Å². The molecule has 33 heavy (non-hydrogen) atoms. The van der Waals surface area contributed by atoms with Gasteiger partial charge in [-0.3, -0.25) is 14.4 Å². The number of para-hydroxylation sites is 1.